The number of phenolic OH excluding ortho intramolecular Hbond substituents is 2. The van der Waals surface area contributed by atoms with Gasteiger partial charge in [-0.1, -0.05) is 24.3 Å². The Morgan fingerprint density at radius 2 is 1.00 bits per heavy atom. The summed E-state index contributed by atoms with van der Waals surface area (Å²) < 4.78 is 1.46. The Morgan fingerprint density at radius 1 is 0.561 bits per heavy atom. The average Bonchev–Trinajstić information content (AvgIpc) is 3.35. The summed E-state index contributed by atoms with van der Waals surface area (Å²) in [6.45, 7) is 0. The Bertz CT molecular complexity index is 2180. The molecule has 0 unspecified atom stereocenters. The first-order chi connectivity index (χ1) is 19.6. The fourth-order valence-corrected chi connectivity index (χ4v) is 4.98. The minimum absolute atomic E-state index is 0.000361. The van der Waals surface area contributed by atoms with Crippen molar-refractivity contribution in [3.8, 4) is 22.9 Å². The minimum atomic E-state index is -1.24. The number of phenols is 2. The number of carbonyl (C=O) groups is 2. The van der Waals surface area contributed by atoms with Gasteiger partial charge in [0.05, 0.1) is 38.5 Å². The summed E-state index contributed by atoms with van der Waals surface area (Å²) in [6.07, 6.45) is 0. The second kappa shape index (κ2) is 8.99. The van der Waals surface area contributed by atoms with Crippen LogP contribution in [0.25, 0.3) is 32.9 Å². The molecule has 0 radical (unpaired) electrons. The van der Waals surface area contributed by atoms with E-state index in [0.29, 0.717) is 0 Å². The minimum Gasteiger partial charge on any atom is -0.508 e. The topological polar surface area (TPSA) is 173 Å². The lowest BCUT2D eigenvalue weighted by atomic mass is 9.94. The molecule has 2 heterocycles. The van der Waals surface area contributed by atoms with Crippen molar-refractivity contribution in [3.05, 3.63) is 137 Å². The van der Waals surface area contributed by atoms with Gasteiger partial charge in [0.2, 0.25) is 0 Å². The lowest BCUT2D eigenvalue weighted by Gasteiger charge is -2.05. The van der Waals surface area contributed by atoms with Crippen LogP contribution in [0.15, 0.2) is 98.0 Å². The lowest BCUT2D eigenvalue weighted by molar-refractivity contribution is 0.0696. The molecule has 0 aliphatic carbocycles. The van der Waals surface area contributed by atoms with Crippen molar-refractivity contribution in [2.45, 2.75) is 0 Å². The normalized spacial score (nSPS) is 11.3. The van der Waals surface area contributed by atoms with Crippen molar-refractivity contribution in [1.82, 2.24) is 9.13 Å². The van der Waals surface area contributed by atoms with E-state index < -0.39 is 50.3 Å². The standard InChI is InChI=1S/C30H16N2O9/c33-18-5-1-3-16(11-18)31-26(36)20-13-21-23(29(39)32(27(21)37)17-4-2-6-19(34)12-17)24(22(20)28(31)38)25(35)14-7-9-15(10-8-14)30(40)41/h1-13,33-34H,(H,40,41). The number of carbonyl (C=O) groups excluding carboxylic acids is 1. The number of rotatable bonds is 5. The number of carboxylic acid groups (broad SMARTS) is 1. The average molecular weight is 548 g/mol. The largest absolute Gasteiger partial charge is 0.508 e. The number of ketones is 1. The van der Waals surface area contributed by atoms with Gasteiger partial charge in [0.1, 0.15) is 11.5 Å². The van der Waals surface area contributed by atoms with E-state index in [-0.39, 0.29) is 44.8 Å². The maximum Gasteiger partial charge on any atom is 0.335 e. The molecule has 0 bridgehead atoms. The Morgan fingerprint density at radius 3 is 1.41 bits per heavy atom. The number of fused-ring (bicyclic) bond motifs is 2. The summed E-state index contributed by atoms with van der Waals surface area (Å²) in [5.74, 6) is -2.60. The molecular formula is C30H16N2O9. The predicted octanol–water partition coefficient (Wildman–Crippen LogP) is 2.23. The second-order valence-electron chi connectivity index (χ2n) is 9.24. The van der Waals surface area contributed by atoms with Crippen molar-refractivity contribution >= 4 is 33.3 Å². The van der Waals surface area contributed by atoms with Gasteiger partial charge in [0.25, 0.3) is 22.2 Å². The summed E-state index contributed by atoms with van der Waals surface area (Å²) >= 11 is 0. The third kappa shape index (κ3) is 3.75. The molecule has 6 aromatic rings. The van der Waals surface area contributed by atoms with Gasteiger partial charge in [0, 0.05) is 23.3 Å². The number of aromatic carboxylic acids is 1. The van der Waals surface area contributed by atoms with Crippen LogP contribution in [0.4, 0.5) is 0 Å². The first-order valence-electron chi connectivity index (χ1n) is 12.0. The molecule has 0 saturated heterocycles. The Kier molecular flexibility index (Phi) is 5.52. The van der Waals surface area contributed by atoms with Crippen LogP contribution in [0.3, 0.4) is 0 Å². The van der Waals surface area contributed by atoms with Crippen molar-refractivity contribution in [3.63, 3.8) is 0 Å². The molecule has 3 N–H and O–H groups in total. The zero-order chi connectivity index (χ0) is 29.2. The van der Waals surface area contributed by atoms with Gasteiger partial charge < -0.3 is 15.3 Å². The Hall–Kier alpha value is -6.10. The molecule has 6 rings (SSSR count). The van der Waals surface area contributed by atoms with Crippen molar-refractivity contribution in [1.29, 1.82) is 0 Å². The number of carboxylic acids is 1. The molecular weight excluding hydrogens is 532 g/mol. The van der Waals surface area contributed by atoms with Gasteiger partial charge in [-0.05, 0) is 42.5 Å². The van der Waals surface area contributed by atoms with Gasteiger partial charge in [-0.3, -0.25) is 24.0 Å². The summed E-state index contributed by atoms with van der Waals surface area (Å²) in [5.41, 5.74) is -4.40. The molecule has 200 valence electrons. The molecule has 0 aliphatic rings. The summed E-state index contributed by atoms with van der Waals surface area (Å²) in [6, 6.07) is 16.4. The van der Waals surface area contributed by atoms with Crippen LogP contribution >= 0.6 is 0 Å². The molecule has 0 spiro atoms. The molecule has 0 aliphatic heterocycles. The van der Waals surface area contributed by atoms with Crippen LogP contribution in [0, 0.1) is 0 Å². The number of aromatic hydroxyl groups is 2. The van der Waals surface area contributed by atoms with E-state index in [4.69, 9.17) is 0 Å². The van der Waals surface area contributed by atoms with Crippen LogP contribution in [-0.2, 0) is 0 Å². The number of nitrogens with zero attached hydrogens (tertiary/aromatic N) is 2. The van der Waals surface area contributed by atoms with E-state index in [1.54, 1.807) is 0 Å². The van der Waals surface area contributed by atoms with Crippen LogP contribution in [0.1, 0.15) is 26.3 Å². The fourth-order valence-electron chi connectivity index (χ4n) is 4.98. The highest BCUT2D eigenvalue weighted by Gasteiger charge is 2.29. The molecule has 11 heteroatoms. The number of aromatic nitrogens is 2. The van der Waals surface area contributed by atoms with Crippen LogP contribution < -0.4 is 22.2 Å². The molecule has 0 atom stereocenters. The molecule has 41 heavy (non-hydrogen) atoms. The van der Waals surface area contributed by atoms with E-state index in [0.717, 1.165) is 27.3 Å². The maximum atomic E-state index is 14.0. The second-order valence-corrected chi connectivity index (χ2v) is 9.24. The van der Waals surface area contributed by atoms with Crippen LogP contribution in [-0.4, -0.2) is 36.2 Å². The van der Waals surface area contributed by atoms with E-state index in [9.17, 15) is 44.1 Å². The SMILES string of the molecule is O=C(O)c1ccc(C(=O)c2c3c(=O)n(-c4cccc(O)c4)c(=O)c3cc3c(=O)n(-c4cccc(O)c4)c(=O)c23)cc1. The van der Waals surface area contributed by atoms with Gasteiger partial charge in [-0.25, -0.2) is 13.9 Å². The van der Waals surface area contributed by atoms with E-state index >= 15 is 0 Å². The van der Waals surface area contributed by atoms with Crippen molar-refractivity contribution in [2.24, 2.45) is 0 Å². The molecule has 0 saturated carbocycles. The smallest absolute Gasteiger partial charge is 0.335 e. The van der Waals surface area contributed by atoms with Crippen molar-refractivity contribution in [2.75, 3.05) is 0 Å². The highest BCUT2D eigenvalue weighted by atomic mass is 16.4. The molecule has 0 amide bonds. The van der Waals surface area contributed by atoms with E-state index in [1.165, 1.54) is 60.7 Å². The molecule has 4 aromatic carbocycles. The van der Waals surface area contributed by atoms with Crippen LogP contribution in [0.2, 0.25) is 0 Å². The zero-order valence-corrected chi connectivity index (χ0v) is 20.7. The quantitative estimate of drug-likeness (QED) is 0.273. The van der Waals surface area contributed by atoms with Gasteiger partial charge in [-0.15, -0.1) is 0 Å². The highest BCUT2D eigenvalue weighted by molar-refractivity contribution is 6.24. The Labute approximate surface area is 227 Å². The number of benzene rings is 4. The molecule has 2 aromatic heterocycles. The monoisotopic (exact) mass is 548 g/mol. The van der Waals surface area contributed by atoms with E-state index in [1.807, 2.05) is 0 Å². The van der Waals surface area contributed by atoms with E-state index in [2.05, 4.69) is 0 Å². The fraction of sp³-hybridized carbons (Fsp3) is 0. The van der Waals surface area contributed by atoms with Gasteiger partial charge in [0.15, 0.2) is 5.78 Å². The highest BCUT2D eigenvalue weighted by Crippen LogP contribution is 2.27. The predicted molar refractivity (Wildman–Crippen MR) is 148 cm³/mol. The summed E-state index contributed by atoms with van der Waals surface area (Å²) in [5, 5.41) is 27.6. The Balaban J connectivity index is 1.77. The zero-order valence-electron chi connectivity index (χ0n) is 20.7. The van der Waals surface area contributed by atoms with Gasteiger partial charge in [-0.2, -0.15) is 0 Å². The maximum absolute atomic E-state index is 14.0. The third-order valence-corrected chi connectivity index (χ3v) is 6.83. The number of hydrogen-bond donors (Lipinski definition) is 3. The lowest BCUT2D eigenvalue weighted by Crippen LogP contribution is -2.24. The van der Waals surface area contributed by atoms with Crippen LogP contribution in [0.5, 0.6) is 11.5 Å². The summed E-state index contributed by atoms with van der Waals surface area (Å²) in [7, 11) is 0. The molecule has 0 fully saturated rings. The van der Waals surface area contributed by atoms with Crippen molar-refractivity contribution < 1.29 is 24.9 Å². The van der Waals surface area contributed by atoms with Gasteiger partial charge >= 0.3 is 5.97 Å². The first kappa shape index (κ1) is 25.2. The molecule has 11 nitrogen and oxygen atoms in total. The first-order valence-corrected chi connectivity index (χ1v) is 12.0. The third-order valence-electron chi connectivity index (χ3n) is 6.83. The summed E-state index contributed by atoms with van der Waals surface area (Å²) in [4.78, 5) is 79.8. The number of hydrogen-bond acceptors (Lipinski definition) is 8.